The third-order valence-corrected chi connectivity index (χ3v) is 6.56. The molecule has 0 spiro atoms. The molecule has 0 aliphatic heterocycles. The predicted octanol–water partition coefficient (Wildman–Crippen LogP) is 2.91. The number of halogens is 1. The molecule has 1 fully saturated rings. The zero-order chi connectivity index (χ0) is 14.8. The van der Waals surface area contributed by atoms with E-state index in [2.05, 4.69) is 12.2 Å². The van der Waals surface area contributed by atoms with Gasteiger partial charge in [0.05, 0.1) is 6.42 Å². The first-order valence-electron chi connectivity index (χ1n) is 6.71. The normalized spacial score (nSPS) is 16.9. The second-order valence-corrected chi connectivity index (χ2v) is 9.15. The number of amides is 1. The van der Waals surface area contributed by atoms with E-state index in [0.29, 0.717) is 4.88 Å². The minimum atomic E-state index is -3.69. The zero-order valence-electron chi connectivity index (χ0n) is 11.3. The molecule has 0 aromatic carbocycles. The second kappa shape index (κ2) is 6.45. The van der Waals surface area contributed by atoms with E-state index in [0.717, 1.165) is 30.1 Å². The minimum Gasteiger partial charge on any atom is -0.353 e. The van der Waals surface area contributed by atoms with Crippen LogP contribution in [-0.4, -0.2) is 20.4 Å². The van der Waals surface area contributed by atoms with E-state index in [1.807, 2.05) is 0 Å². The maximum atomic E-state index is 12.0. The average Bonchev–Trinajstić information content (AvgIpc) is 3.03. The Morgan fingerprint density at radius 2 is 2.20 bits per heavy atom. The van der Waals surface area contributed by atoms with Crippen LogP contribution in [0.2, 0.25) is 0 Å². The van der Waals surface area contributed by atoms with Crippen molar-refractivity contribution in [3.8, 4) is 0 Å². The highest BCUT2D eigenvalue weighted by Gasteiger charge is 2.25. The predicted molar refractivity (Wildman–Crippen MR) is 80.6 cm³/mol. The van der Waals surface area contributed by atoms with Gasteiger partial charge in [0.2, 0.25) is 5.91 Å². The molecule has 1 aliphatic carbocycles. The van der Waals surface area contributed by atoms with Crippen LogP contribution in [0.1, 0.15) is 37.5 Å². The van der Waals surface area contributed by atoms with Gasteiger partial charge < -0.3 is 5.32 Å². The van der Waals surface area contributed by atoms with Gasteiger partial charge in [-0.05, 0) is 30.9 Å². The third kappa shape index (κ3) is 4.75. The van der Waals surface area contributed by atoms with Crippen LogP contribution in [0, 0.1) is 5.92 Å². The molecule has 1 unspecified atom stereocenters. The number of thiophene rings is 1. The highest BCUT2D eigenvalue weighted by Crippen LogP contribution is 2.34. The molecule has 1 amide bonds. The van der Waals surface area contributed by atoms with Gasteiger partial charge in [-0.3, -0.25) is 4.79 Å². The van der Waals surface area contributed by atoms with Crippen LogP contribution in [-0.2, 0) is 20.3 Å². The summed E-state index contributed by atoms with van der Waals surface area (Å²) in [6, 6.07) is 3.31. The van der Waals surface area contributed by atoms with E-state index in [9.17, 15) is 13.2 Å². The number of hydrogen-bond acceptors (Lipinski definition) is 4. The first-order valence-corrected chi connectivity index (χ1v) is 9.83. The Labute approximate surface area is 127 Å². The molecule has 1 N–H and O–H groups in total. The van der Waals surface area contributed by atoms with Crippen LogP contribution in [0.5, 0.6) is 0 Å². The SMILES string of the molecule is CCC(CC1CC1)NC(=O)Cc1ccc(S(=O)(=O)Cl)s1. The van der Waals surface area contributed by atoms with E-state index in [4.69, 9.17) is 10.7 Å². The van der Waals surface area contributed by atoms with E-state index < -0.39 is 9.05 Å². The van der Waals surface area contributed by atoms with E-state index in [-0.39, 0.29) is 22.6 Å². The number of carbonyl (C=O) groups is 1. The Kier molecular flexibility index (Phi) is 5.09. The van der Waals surface area contributed by atoms with Crippen molar-refractivity contribution in [3.05, 3.63) is 17.0 Å². The molecule has 1 aromatic rings. The van der Waals surface area contributed by atoms with Gasteiger partial charge in [0, 0.05) is 21.6 Å². The van der Waals surface area contributed by atoms with Crippen molar-refractivity contribution >= 4 is 37.0 Å². The largest absolute Gasteiger partial charge is 0.353 e. The lowest BCUT2D eigenvalue weighted by Crippen LogP contribution is -2.35. The molecule has 1 saturated carbocycles. The monoisotopic (exact) mass is 335 g/mol. The van der Waals surface area contributed by atoms with Gasteiger partial charge >= 0.3 is 0 Å². The van der Waals surface area contributed by atoms with Crippen LogP contribution < -0.4 is 5.32 Å². The van der Waals surface area contributed by atoms with E-state index >= 15 is 0 Å². The van der Waals surface area contributed by atoms with Crippen molar-refractivity contribution in [1.82, 2.24) is 5.32 Å². The van der Waals surface area contributed by atoms with Crippen molar-refractivity contribution < 1.29 is 13.2 Å². The number of hydrogen-bond donors (Lipinski definition) is 1. The summed E-state index contributed by atoms with van der Waals surface area (Å²) in [5, 5.41) is 3.02. The van der Waals surface area contributed by atoms with Gasteiger partial charge in [-0.1, -0.05) is 19.8 Å². The van der Waals surface area contributed by atoms with Gasteiger partial charge in [-0.15, -0.1) is 11.3 Å². The quantitative estimate of drug-likeness (QED) is 0.779. The van der Waals surface area contributed by atoms with Gasteiger partial charge in [-0.2, -0.15) is 0 Å². The van der Waals surface area contributed by atoms with E-state index in [1.54, 1.807) is 6.07 Å². The molecule has 0 bridgehead atoms. The molecule has 1 heterocycles. The Balaban J connectivity index is 1.88. The lowest BCUT2D eigenvalue weighted by molar-refractivity contribution is -0.121. The van der Waals surface area contributed by atoms with Crippen molar-refractivity contribution in [2.24, 2.45) is 5.92 Å². The van der Waals surface area contributed by atoms with Crippen LogP contribution >= 0.6 is 22.0 Å². The lowest BCUT2D eigenvalue weighted by atomic mass is 10.1. The summed E-state index contributed by atoms with van der Waals surface area (Å²) in [4.78, 5) is 12.7. The van der Waals surface area contributed by atoms with Crippen molar-refractivity contribution in [2.45, 2.75) is 49.3 Å². The third-order valence-electron chi connectivity index (χ3n) is 3.38. The van der Waals surface area contributed by atoms with Gasteiger partial charge in [0.1, 0.15) is 4.21 Å². The van der Waals surface area contributed by atoms with Crippen LogP contribution in [0.3, 0.4) is 0 Å². The molecule has 1 aromatic heterocycles. The van der Waals surface area contributed by atoms with Crippen LogP contribution in [0.4, 0.5) is 0 Å². The molecule has 20 heavy (non-hydrogen) atoms. The first-order chi connectivity index (χ1) is 9.38. The highest BCUT2D eigenvalue weighted by molar-refractivity contribution is 8.15. The Hall–Kier alpha value is -0.590. The summed E-state index contributed by atoms with van der Waals surface area (Å²) in [6.07, 6.45) is 4.72. The molecule has 0 radical (unpaired) electrons. The molecule has 2 rings (SSSR count). The number of rotatable bonds is 7. The standard InChI is InChI=1S/C13H18ClNO3S2/c1-2-10(7-9-3-4-9)15-12(16)8-11-5-6-13(19-11)20(14,17)18/h5-6,9-10H,2-4,7-8H2,1H3,(H,15,16). The Morgan fingerprint density at radius 3 is 2.70 bits per heavy atom. The lowest BCUT2D eigenvalue weighted by Gasteiger charge is -2.16. The van der Waals surface area contributed by atoms with Crippen LogP contribution in [0.15, 0.2) is 16.3 Å². The molecule has 1 aliphatic rings. The van der Waals surface area contributed by atoms with Crippen molar-refractivity contribution in [1.29, 1.82) is 0 Å². The van der Waals surface area contributed by atoms with Crippen molar-refractivity contribution in [2.75, 3.05) is 0 Å². The summed E-state index contributed by atoms with van der Waals surface area (Å²) in [5.41, 5.74) is 0. The fourth-order valence-corrected chi connectivity index (χ4v) is 4.23. The summed E-state index contributed by atoms with van der Waals surface area (Å²) in [5.74, 6) is 0.716. The summed E-state index contributed by atoms with van der Waals surface area (Å²) in [6.45, 7) is 2.07. The fraction of sp³-hybridized carbons (Fsp3) is 0.615. The minimum absolute atomic E-state index is 0.0575. The fourth-order valence-electron chi connectivity index (χ4n) is 2.10. The number of carbonyl (C=O) groups excluding carboxylic acids is 1. The number of nitrogens with one attached hydrogen (secondary N) is 1. The highest BCUT2D eigenvalue weighted by atomic mass is 35.7. The van der Waals surface area contributed by atoms with Gasteiger partial charge in [0.15, 0.2) is 0 Å². The van der Waals surface area contributed by atoms with Gasteiger partial charge in [0.25, 0.3) is 9.05 Å². The second-order valence-electron chi connectivity index (χ2n) is 5.19. The first kappa shape index (κ1) is 15.8. The maximum absolute atomic E-state index is 12.0. The molecular weight excluding hydrogens is 318 g/mol. The summed E-state index contributed by atoms with van der Waals surface area (Å²) < 4.78 is 22.4. The molecular formula is C13H18ClNO3S2. The molecule has 4 nitrogen and oxygen atoms in total. The Bertz CT molecular complexity index is 578. The van der Waals surface area contributed by atoms with Crippen LogP contribution in [0.25, 0.3) is 0 Å². The summed E-state index contributed by atoms with van der Waals surface area (Å²) >= 11 is 1.05. The average molecular weight is 336 g/mol. The van der Waals surface area contributed by atoms with Gasteiger partial charge in [-0.25, -0.2) is 8.42 Å². The topological polar surface area (TPSA) is 63.2 Å². The van der Waals surface area contributed by atoms with Crippen molar-refractivity contribution in [3.63, 3.8) is 0 Å². The molecule has 112 valence electrons. The maximum Gasteiger partial charge on any atom is 0.270 e. The molecule has 0 saturated heterocycles. The smallest absolute Gasteiger partial charge is 0.270 e. The zero-order valence-corrected chi connectivity index (χ0v) is 13.7. The molecule has 1 atom stereocenters. The molecule has 7 heteroatoms. The summed E-state index contributed by atoms with van der Waals surface area (Å²) in [7, 11) is 1.57. The van der Waals surface area contributed by atoms with E-state index in [1.165, 1.54) is 18.9 Å². The Morgan fingerprint density at radius 1 is 1.50 bits per heavy atom.